The first-order chi connectivity index (χ1) is 8.49. The van der Waals surface area contributed by atoms with E-state index in [0.717, 1.165) is 0 Å². The normalized spacial score (nSPS) is 17.1. The van der Waals surface area contributed by atoms with E-state index in [1.165, 1.54) is 19.3 Å². The van der Waals surface area contributed by atoms with E-state index in [1.54, 1.807) is 12.1 Å². The monoisotopic (exact) mass is 286 g/mol. The second-order valence-electron chi connectivity index (χ2n) is 4.81. The Morgan fingerprint density at radius 3 is 2.39 bits per heavy atom. The number of nitrogens with one attached hydrogen (secondary N) is 1. The Bertz CT molecular complexity index is 449. The van der Waals surface area contributed by atoms with Crippen molar-refractivity contribution in [1.29, 1.82) is 0 Å². The van der Waals surface area contributed by atoms with Crippen molar-refractivity contribution in [3.05, 3.63) is 27.7 Å². The lowest BCUT2D eigenvalue weighted by Gasteiger charge is -2.31. The fraction of sp³-hybridized carbons (Fsp3) is 0.462. The molecule has 1 atom stereocenters. The molecule has 1 aliphatic carbocycles. The maximum Gasteiger partial charge on any atom is 0.251 e. The van der Waals surface area contributed by atoms with Crippen LogP contribution >= 0.6 is 23.2 Å². The third-order valence-electron chi connectivity index (χ3n) is 3.56. The average Bonchev–Trinajstić information content (AvgIpc) is 2.22. The van der Waals surface area contributed by atoms with E-state index in [0.29, 0.717) is 27.2 Å². The number of nitrogens with two attached hydrogens (primary N) is 1. The molecule has 98 valence electrons. The summed E-state index contributed by atoms with van der Waals surface area (Å²) < 4.78 is 0. The molecule has 1 unspecified atom stereocenters. The molecule has 0 aromatic heterocycles. The summed E-state index contributed by atoms with van der Waals surface area (Å²) in [5, 5.41) is 3.59. The number of nitrogen functional groups attached to an aromatic ring is 1. The Hall–Kier alpha value is -0.930. The minimum absolute atomic E-state index is 0.154. The minimum Gasteiger partial charge on any atom is -0.396 e. The Morgan fingerprint density at radius 2 is 1.94 bits per heavy atom. The topological polar surface area (TPSA) is 55.1 Å². The van der Waals surface area contributed by atoms with Crippen LogP contribution in [0.15, 0.2) is 12.1 Å². The second-order valence-corrected chi connectivity index (χ2v) is 5.62. The molecule has 0 bridgehead atoms. The Kier molecular flexibility index (Phi) is 4.03. The van der Waals surface area contributed by atoms with E-state index in [1.807, 2.05) is 6.92 Å². The molecule has 1 fully saturated rings. The number of hydrogen-bond acceptors (Lipinski definition) is 2. The summed E-state index contributed by atoms with van der Waals surface area (Å²) in [7, 11) is 0. The van der Waals surface area contributed by atoms with Crippen LogP contribution in [0.4, 0.5) is 5.69 Å². The van der Waals surface area contributed by atoms with Gasteiger partial charge in [-0.15, -0.1) is 0 Å². The summed E-state index contributed by atoms with van der Waals surface area (Å²) in [6.07, 6.45) is 3.62. The van der Waals surface area contributed by atoms with Gasteiger partial charge in [0.2, 0.25) is 0 Å². The van der Waals surface area contributed by atoms with Gasteiger partial charge < -0.3 is 11.1 Å². The van der Waals surface area contributed by atoms with Gasteiger partial charge >= 0.3 is 0 Å². The Morgan fingerprint density at radius 1 is 1.39 bits per heavy atom. The molecule has 3 nitrogen and oxygen atoms in total. The average molecular weight is 287 g/mol. The van der Waals surface area contributed by atoms with Crippen LogP contribution in [0.25, 0.3) is 0 Å². The number of carbonyl (C=O) groups is 1. The summed E-state index contributed by atoms with van der Waals surface area (Å²) in [6, 6.07) is 3.28. The fourth-order valence-corrected chi connectivity index (χ4v) is 2.55. The minimum atomic E-state index is -0.154. The third-order valence-corrected chi connectivity index (χ3v) is 4.18. The van der Waals surface area contributed by atoms with Gasteiger partial charge in [-0.05, 0) is 37.8 Å². The molecule has 2 rings (SSSR count). The largest absolute Gasteiger partial charge is 0.396 e. The quantitative estimate of drug-likeness (QED) is 0.836. The summed E-state index contributed by atoms with van der Waals surface area (Å²) in [6.45, 7) is 2.03. The maximum absolute atomic E-state index is 12.0. The summed E-state index contributed by atoms with van der Waals surface area (Å²) >= 11 is 11.8. The van der Waals surface area contributed by atoms with Crippen molar-refractivity contribution in [3.8, 4) is 0 Å². The van der Waals surface area contributed by atoms with Crippen molar-refractivity contribution in [2.75, 3.05) is 5.73 Å². The van der Waals surface area contributed by atoms with Gasteiger partial charge in [0, 0.05) is 11.6 Å². The van der Waals surface area contributed by atoms with Gasteiger partial charge in [0.1, 0.15) is 0 Å². The van der Waals surface area contributed by atoms with Crippen LogP contribution in [0, 0.1) is 5.92 Å². The van der Waals surface area contributed by atoms with Gasteiger partial charge in [-0.2, -0.15) is 0 Å². The van der Waals surface area contributed by atoms with Crippen molar-refractivity contribution in [1.82, 2.24) is 5.32 Å². The van der Waals surface area contributed by atoms with E-state index in [2.05, 4.69) is 5.32 Å². The van der Waals surface area contributed by atoms with Crippen LogP contribution in [0.5, 0.6) is 0 Å². The summed E-state index contributed by atoms with van der Waals surface area (Å²) in [5.74, 6) is 0.437. The maximum atomic E-state index is 12.0. The van der Waals surface area contributed by atoms with Gasteiger partial charge in [0.05, 0.1) is 15.7 Å². The lowest BCUT2D eigenvalue weighted by atomic mass is 9.80. The summed E-state index contributed by atoms with van der Waals surface area (Å²) in [4.78, 5) is 12.0. The first-order valence-electron chi connectivity index (χ1n) is 6.04. The number of benzene rings is 1. The SMILES string of the molecule is CC(NC(=O)c1cc(Cl)c(N)c(Cl)c1)C1CCC1. The molecule has 1 aromatic rings. The Balaban J connectivity index is 2.08. The molecular formula is C13H16Cl2N2O. The molecular weight excluding hydrogens is 271 g/mol. The van der Waals surface area contributed by atoms with Crippen molar-refractivity contribution >= 4 is 34.8 Å². The molecule has 0 spiro atoms. The van der Waals surface area contributed by atoms with Crippen molar-refractivity contribution in [2.24, 2.45) is 5.92 Å². The van der Waals surface area contributed by atoms with Gasteiger partial charge in [0.25, 0.3) is 5.91 Å². The third kappa shape index (κ3) is 2.73. The number of rotatable bonds is 3. The summed E-state index contributed by atoms with van der Waals surface area (Å²) in [5.41, 5.74) is 6.39. The number of anilines is 1. The van der Waals surface area contributed by atoms with Crippen LogP contribution in [-0.2, 0) is 0 Å². The van der Waals surface area contributed by atoms with E-state index >= 15 is 0 Å². The first kappa shape index (κ1) is 13.5. The molecule has 0 heterocycles. The zero-order valence-electron chi connectivity index (χ0n) is 10.2. The van der Waals surface area contributed by atoms with E-state index in [9.17, 15) is 4.79 Å². The predicted octanol–water partition coefficient (Wildman–Crippen LogP) is 3.49. The van der Waals surface area contributed by atoms with Crippen LogP contribution in [0.2, 0.25) is 10.0 Å². The molecule has 1 amide bonds. The van der Waals surface area contributed by atoms with E-state index < -0.39 is 0 Å². The highest BCUT2D eigenvalue weighted by Gasteiger charge is 2.25. The van der Waals surface area contributed by atoms with Gasteiger partial charge in [-0.1, -0.05) is 29.6 Å². The smallest absolute Gasteiger partial charge is 0.251 e. The van der Waals surface area contributed by atoms with Crippen LogP contribution < -0.4 is 11.1 Å². The fourth-order valence-electron chi connectivity index (χ4n) is 2.06. The molecule has 0 radical (unpaired) electrons. The first-order valence-corrected chi connectivity index (χ1v) is 6.80. The highest BCUT2D eigenvalue weighted by Crippen LogP contribution is 2.31. The standard InChI is InChI=1S/C13H16Cl2N2O/c1-7(8-3-2-4-8)17-13(18)9-5-10(14)12(16)11(15)6-9/h5-8H,2-4,16H2,1H3,(H,17,18). The molecule has 1 aromatic carbocycles. The molecule has 0 saturated heterocycles. The number of carbonyl (C=O) groups excluding carboxylic acids is 1. The number of hydrogen-bond donors (Lipinski definition) is 2. The van der Waals surface area contributed by atoms with Gasteiger partial charge in [-0.25, -0.2) is 0 Å². The van der Waals surface area contributed by atoms with E-state index in [-0.39, 0.29) is 11.9 Å². The van der Waals surface area contributed by atoms with Crippen molar-refractivity contribution in [2.45, 2.75) is 32.2 Å². The molecule has 5 heteroatoms. The number of amides is 1. The van der Waals surface area contributed by atoms with Crippen LogP contribution in [-0.4, -0.2) is 11.9 Å². The lowest BCUT2D eigenvalue weighted by molar-refractivity contribution is 0.0909. The highest BCUT2D eigenvalue weighted by atomic mass is 35.5. The molecule has 1 aliphatic rings. The number of halogens is 2. The second kappa shape index (κ2) is 5.37. The van der Waals surface area contributed by atoms with Gasteiger partial charge in [0.15, 0.2) is 0 Å². The van der Waals surface area contributed by atoms with E-state index in [4.69, 9.17) is 28.9 Å². The zero-order valence-corrected chi connectivity index (χ0v) is 11.7. The predicted molar refractivity (Wildman–Crippen MR) is 75.1 cm³/mol. The Labute approximate surface area is 117 Å². The molecule has 3 N–H and O–H groups in total. The lowest BCUT2D eigenvalue weighted by Crippen LogP contribution is -2.40. The van der Waals surface area contributed by atoms with Gasteiger partial charge in [-0.3, -0.25) is 4.79 Å². The van der Waals surface area contributed by atoms with Crippen molar-refractivity contribution in [3.63, 3.8) is 0 Å². The molecule has 18 heavy (non-hydrogen) atoms. The van der Waals surface area contributed by atoms with Crippen LogP contribution in [0.3, 0.4) is 0 Å². The zero-order chi connectivity index (χ0) is 13.3. The van der Waals surface area contributed by atoms with Crippen molar-refractivity contribution < 1.29 is 4.79 Å². The highest BCUT2D eigenvalue weighted by molar-refractivity contribution is 6.39. The molecule has 1 saturated carbocycles. The molecule has 0 aliphatic heterocycles. The van der Waals surface area contributed by atoms with Crippen LogP contribution in [0.1, 0.15) is 36.5 Å².